The van der Waals surface area contributed by atoms with E-state index in [-0.39, 0.29) is 6.04 Å². The Kier molecular flexibility index (Phi) is 4.59. The van der Waals surface area contributed by atoms with Gasteiger partial charge in [-0.1, -0.05) is 0 Å². The van der Waals surface area contributed by atoms with Gasteiger partial charge in [0, 0.05) is 13.2 Å². The lowest BCUT2D eigenvalue weighted by atomic mass is 10.0. The molecular weight excluding hydrogens is 282 g/mol. The van der Waals surface area contributed by atoms with Gasteiger partial charge in [-0.05, 0) is 48.5 Å². The predicted molar refractivity (Wildman–Crippen MR) is 70.7 cm³/mol. The summed E-state index contributed by atoms with van der Waals surface area (Å²) in [5.74, 6) is 0. The summed E-state index contributed by atoms with van der Waals surface area (Å²) in [4.78, 5) is 0. The van der Waals surface area contributed by atoms with E-state index in [1.54, 1.807) is 0 Å². The van der Waals surface area contributed by atoms with E-state index in [4.69, 9.17) is 10.5 Å². The van der Waals surface area contributed by atoms with Gasteiger partial charge in [0.25, 0.3) is 0 Å². The number of nitrogens with zero attached hydrogens (tertiary/aromatic N) is 2. The molecule has 0 aliphatic carbocycles. The lowest BCUT2D eigenvalue weighted by molar-refractivity contribution is 0.00683. The number of nitrogens with two attached hydrogens (primary N) is 1. The van der Waals surface area contributed by atoms with E-state index in [1.165, 1.54) is 12.8 Å². The van der Waals surface area contributed by atoms with Gasteiger partial charge in [0.2, 0.25) is 0 Å². The standard InChI is InChI=1S/C12H20BrN3O/c1-2-16-12(10(13)8-15-16)11(14)7-9-5-3-4-6-17-9/h8-9,11H,2-7,14H2,1H3. The number of ether oxygens (including phenoxy) is 1. The first-order chi connectivity index (χ1) is 8.22. The fourth-order valence-corrected chi connectivity index (χ4v) is 2.97. The molecule has 0 radical (unpaired) electrons. The van der Waals surface area contributed by atoms with Gasteiger partial charge in [-0.3, -0.25) is 4.68 Å². The number of rotatable bonds is 4. The third-order valence-electron chi connectivity index (χ3n) is 3.27. The second kappa shape index (κ2) is 5.98. The Morgan fingerprint density at radius 3 is 3.12 bits per heavy atom. The molecule has 0 spiro atoms. The first-order valence-electron chi connectivity index (χ1n) is 6.30. The fourth-order valence-electron chi connectivity index (χ4n) is 2.38. The lowest BCUT2D eigenvalue weighted by Gasteiger charge is -2.25. The van der Waals surface area contributed by atoms with Crippen LogP contribution in [0.4, 0.5) is 0 Å². The predicted octanol–water partition coefficient (Wildman–Crippen LogP) is 2.62. The molecule has 17 heavy (non-hydrogen) atoms. The summed E-state index contributed by atoms with van der Waals surface area (Å²) < 4.78 is 8.69. The molecular formula is C12H20BrN3O. The lowest BCUT2D eigenvalue weighted by Crippen LogP contribution is -2.26. The van der Waals surface area contributed by atoms with Crippen LogP contribution in [0.25, 0.3) is 0 Å². The van der Waals surface area contributed by atoms with Gasteiger partial charge >= 0.3 is 0 Å². The Bertz CT molecular complexity index is 361. The van der Waals surface area contributed by atoms with Crippen LogP contribution in [0.3, 0.4) is 0 Å². The van der Waals surface area contributed by atoms with E-state index >= 15 is 0 Å². The van der Waals surface area contributed by atoms with Gasteiger partial charge in [-0.25, -0.2) is 0 Å². The molecule has 0 saturated carbocycles. The second-order valence-corrected chi connectivity index (χ2v) is 5.38. The molecule has 0 aromatic carbocycles. The molecule has 2 rings (SSSR count). The summed E-state index contributed by atoms with van der Waals surface area (Å²) >= 11 is 3.52. The van der Waals surface area contributed by atoms with Crippen LogP contribution < -0.4 is 5.73 Å². The van der Waals surface area contributed by atoms with Gasteiger partial charge in [0.15, 0.2) is 0 Å². The topological polar surface area (TPSA) is 53.1 Å². The van der Waals surface area contributed by atoms with Crippen LogP contribution in [0.15, 0.2) is 10.7 Å². The number of hydrogen-bond acceptors (Lipinski definition) is 3. The summed E-state index contributed by atoms with van der Waals surface area (Å²) in [6.07, 6.45) is 6.58. The van der Waals surface area contributed by atoms with Gasteiger partial charge in [0.05, 0.1) is 28.5 Å². The summed E-state index contributed by atoms with van der Waals surface area (Å²) in [5, 5.41) is 4.30. The van der Waals surface area contributed by atoms with Crippen molar-refractivity contribution >= 4 is 15.9 Å². The first kappa shape index (κ1) is 13.1. The molecule has 5 heteroatoms. The molecule has 2 unspecified atom stereocenters. The van der Waals surface area contributed by atoms with Crippen molar-refractivity contribution in [2.24, 2.45) is 5.73 Å². The Balaban J connectivity index is 2.02. The average Bonchev–Trinajstić information content (AvgIpc) is 2.71. The maximum absolute atomic E-state index is 6.28. The van der Waals surface area contributed by atoms with Gasteiger partial charge < -0.3 is 10.5 Å². The van der Waals surface area contributed by atoms with Gasteiger partial charge in [-0.2, -0.15) is 5.10 Å². The normalized spacial score (nSPS) is 22.6. The molecule has 1 aliphatic rings. The molecule has 4 nitrogen and oxygen atoms in total. The van der Waals surface area contributed by atoms with Crippen molar-refractivity contribution in [3.8, 4) is 0 Å². The Hall–Kier alpha value is -0.390. The van der Waals surface area contributed by atoms with E-state index in [1.807, 2.05) is 10.9 Å². The molecule has 1 saturated heterocycles. The van der Waals surface area contributed by atoms with E-state index in [0.717, 1.165) is 36.2 Å². The number of halogens is 1. The van der Waals surface area contributed by atoms with Crippen LogP contribution in [0.2, 0.25) is 0 Å². The Morgan fingerprint density at radius 2 is 2.47 bits per heavy atom. The average molecular weight is 302 g/mol. The molecule has 2 atom stereocenters. The second-order valence-electron chi connectivity index (χ2n) is 4.52. The summed E-state index contributed by atoms with van der Waals surface area (Å²) in [5.41, 5.74) is 7.36. The van der Waals surface area contributed by atoms with Crippen molar-refractivity contribution in [2.45, 2.75) is 51.3 Å². The molecule has 0 amide bonds. The van der Waals surface area contributed by atoms with Crippen LogP contribution in [0.5, 0.6) is 0 Å². The third-order valence-corrected chi connectivity index (χ3v) is 3.89. The zero-order valence-electron chi connectivity index (χ0n) is 10.2. The maximum Gasteiger partial charge on any atom is 0.0694 e. The molecule has 96 valence electrons. The van der Waals surface area contributed by atoms with Crippen LogP contribution in [-0.2, 0) is 11.3 Å². The highest BCUT2D eigenvalue weighted by Gasteiger charge is 2.22. The maximum atomic E-state index is 6.28. The van der Waals surface area contributed by atoms with Crippen molar-refractivity contribution < 1.29 is 4.74 Å². The first-order valence-corrected chi connectivity index (χ1v) is 7.10. The smallest absolute Gasteiger partial charge is 0.0694 e. The van der Waals surface area contributed by atoms with Crippen molar-refractivity contribution in [2.75, 3.05) is 6.61 Å². The highest BCUT2D eigenvalue weighted by Crippen LogP contribution is 2.27. The monoisotopic (exact) mass is 301 g/mol. The highest BCUT2D eigenvalue weighted by molar-refractivity contribution is 9.10. The highest BCUT2D eigenvalue weighted by atomic mass is 79.9. The third kappa shape index (κ3) is 3.09. The fraction of sp³-hybridized carbons (Fsp3) is 0.750. The van der Waals surface area contributed by atoms with Crippen molar-refractivity contribution in [1.29, 1.82) is 0 Å². The minimum absolute atomic E-state index is 0.00470. The minimum atomic E-state index is -0.00470. The zero-order chi connectivity index (χ0) is 12.3. The van der Waals surface area contributed by atoms with Crippen LogP contribution in [-0.4, -0.2) is 22.5 Å². The molecule has 2 N–H and O–H groups in total. The SMILES string of the molecule is CCn1ncc(Br)c1C(N)CC1CCCCO1. The molecule has 1 aromatic rings. The van der Waals surface area contributed by atoms with Gasteiger partial charge in [-0.15, -0.1) is 0 Å². The molecule has 2 heterocycles. The molecule has 1 fully saturated rings. The largest absolute Gasteiger partial charge is 0.378 e. The Labute approximate surface area is 111 Å². The molecule has 1 aromatic heterocycles. The van der Waals surface area contributed by atoms with Crippen molar-refractivity contribution in [1.82, 2.24) is 9.78 Å². The summed E-state index contributed by atoms with van der Waals surface area (Å²) in [7, 11) is 0. The number of aromatic nitrogens is 2. The van der Waals surface area contributed by atoms with Crippen molar-refractivity contribution in [3.05, 3.63) is 16.4 Å². The molecule has 0 bridgehead atoms. The minimum Gasteiger partial charge on any atom is -0.378 e. The summed E-state index contributed by atoms with van der Waals surface area (Å²) in [6.45, 7) is 3.80. The zero-order valence-corrected chi connectivity index (χ0v) is 11.8. The van der Waals surface area contributed by atoms with E-state index in [9.17, 15) is 0 Å². The van der Waals surface area contributed by atoms with E-state index in [0.29, 0.717) is 6.10 Å². The summed E-state index contributed by atoms with van der Waals surface area (Å²) in [6, 6.07) is -0.00470. The van der Waals surface area contributed by atoms with E-state index < -0.39 is 0 Å². The van der Waals surface area contributed by atoms with E-state index in [2.05, 4.69) is 28.0 Å². The quantitative estimate of drug-likeness (QED) is 0.930. The number of aryl methyl sites for hydroxylation is 1. The molecule has 1 aliphatic heterocycles. The van der Waals surface area contributed by atoms with Crippen LogP contribution >= 0.6 is 15.9 Å². The van der Waals surface area contributed by atoms with Crippen LogP contribution in [0, 0.1) is 0 Å². The van der Waals surface area contributed by atoms with Crippen LogP contribution in [0.1, 0.15) is 44.3 Å². The Morgan fingerprint density at radius 1 is 1.65 bits per heavy atom. The number of hydrogen-bond donors (Lipinski definition) is 1. The van der Waals surface area contributed by atoms with Gasteiger partial charge in [0.1, 0.15) is 0 Å². The van der Waals surface area contributed by atoms with Crippen molar-refractivity contribution in [3.63, 3.8) is 0 Å².